The summed E-state index contributed by atoms with van der Waals surface area (Å²) in [7, 11) is 0. The van der Waals surface area contributed by atoms with Crippen molar-refractivity contribution >= 4 is 5.97 Å². The Hall–Kier alpha value is -1.77. The highest BCUT2D eigenvalue weighted by atomic mass is 16.4. The third kappa shape index (κ3) is 3.52. The van der Waals surface area contributed by atoms with Crippen LogP contribution >= 0.6 is 0 Å². The Kier molecular flexibility index (Phi) is 5.28. The Morgan fingerprint density at radius 1 is 1.09 bits per heavy atom. The Morgan fingerprint density at radius 2 is 1.73 bits per heavy atom. The van der Waals surface area contributed by atoms with E-state index >= 15 is 0 Å². The van der Waals surface area contributed by atoms with Gasteiger partial charge in [0.2, 0.25) is 0 Å². The maximum absolute atomic E-state index is 10.8. The number of aliphatic hydroxyl groups excluding tert-OH is 4. The zero-order chi connectivity index (χ0) is 16.3. The summed E-state index contributed by atoms with van der Waals surface area (Å²) >= 11 is 0. The van der Waals surface area contributed by atoms with Crippen molar-refractivity contribution in [1.82, 2.24) is 5.32 Å². The number of hydrogen-bond acceptors (Lipinski definition) is 6. The second-order valence-electron chi connectivity index (χ2n) is 5.23. The van der Waals surface area contributed by atoms with Crippen molar-refractivity contribution in [2.45, 2.75) is 30.9 Å². The molecule has 0 spiro atoms. The number of aliphatic hydroxyl groups is 4. The average molecular weight is 309 g/mol. The van der Waals surface area contributed by atoms with Crippen LogP contribution in [-0.4, -0.2) is 62.5 Å². The van der Waals surface area contributed by atoms with Gasteiger partial charge in [-0.3, -0.25) is 0 Å². The first-order valence-electron chi connectivity index (χ1n) is 6.85. The van der Waals surface area contributed by atoms with Crippen molar-refractivity contribution in [2.24, 2.45) is 0 Å². The third-order valence-corrected chi connectivity index (χ3v) is 3.74. The third-order valence-electron chi connectivity index (χ3n) is 3.74. The molecule has 4 atom stereocenters. The van der Waals surface area contributed by atoms with Gasteiger partial charge in [-0.05, 0) is 23.3 Å². The minimum Gasteiger partial charge on any atom is -0.478 e. The van der Waals surface area contributed by atoms with Crippen LogP contribution in [0.2, 0.25) is 0 Å². The minimum absolute atomic E-state index is 0.183. The number of hydrogen-bond donors (Lipinski definition) is 6. The SMILES string of the molecule is O=C(O)c1ccc(CNC2C=C(CO)C(O)C(O)C2O)cc1. The first-order valence-corrected chi connectivity index (χ1v) is 6.85. The normalized spacial score (nSPS) is 28.3. The Balaban J connectivity index is 2.03. The molecule has 1 aromatic carbocycles. The van der Waals surface area contributed by atoms with Crippen LogP contribution in [0.25, 0.3) is 0 Å². The minimum atomic E-state index is -1.38. The van der Waals surface area contributed by atoms with Gasteiger partial charge in [0.05, 0.1) is 18.2 Å². The van der Waals surface area contributed by atoms with E-state index in [9.17, 15) is 20.1 Å². The van der Waals surface area contributed by atoms with Crippen molar-refractivity contribution in [3.63, 3.8) is 0 Å². The molecule has 2 rings (SSSR count). The van der Waals surface area contributed by atoms with Crippen molar-refractivity contribution in [3.8, 4) is 0 Å². The molecule has 0 fully saturated rings. The van der Waals surface area contributed by atoms with E-state index in [1.54, 1.807) is 12.1 Å². The molecule has 0 aromatic heterocycles. The summed E-state index contributed by atoms with van der Waals surface area (Å²) in [6.07, 6.45) is -2.37. The van der Waals surface area contributed by atoms with Crippen LogP contribution < -0.4 is 5.32 Å². The van der Waals surface area contributed by atoms with E-state index in [0.717, 1.165) is 5.56 Å². The van der Waals surface area contributed by atoms with Crippen molar-refractivity contribution in [3.05, 3.63) is 47.0 Å². The summed E-state index contributed by atoms with van der Waals surface area (Å²) < 4.78 is 0. The highest BCUT2D eigenvalue weighted by Gasteiger charge is 2.36. The average Bonchev–Trinajstić information content (AvgIpc) is 2.52. The van der Waals surface area contributed by atoms with E-state index in [0.29, 0.717) is 6.54 Å². The molecule has 0 radical (unpaired) electrons. The number of rotatable bonds is 5. The van der Waals surface area contributed by atoms with Gasteiger partial charge >= 0.3 is 5.97 Å². The van der Waals surface area contributed by atoms with Gasteiger partial charge in [-0.1, -0.05) is 18.2 Å². The number of carbonyl (C=O) groups is 1. The molecule has 120 valence electrons. The van der Waals surface area contributed by atoms with E-state index in [4.69, 9.17) is 10.2 Å². The van der Waals surface area contributed by atoms with Gasteiger partial charge in [0.1, 0.15) is 18.3 Å². The molecule has 1 aliphatic carbocycles. The molecule has 7 heteroatoms. The van der Waals surface area contributed by atoms with Gasteiger partial charge in [-0.15, -0.1) is 0 Å². The zero-order valence-electron chi connectivity index (χ0n) is 11.8. The first kappa shape index (κ1) is 16.6. The molecular formula is C15H19NO6. The lowest BCUT2D eigenvalue weighted by atomic mass is 9.88. The Morgan fingerprint density at radius 3 is 2.27 bits per heavy atom. The number of aromatic carboxylic acids is 1. The fourth-order valence-electron chi connectivity index (χ4n) is 2.37. The zero-order valence-corrected chi connectivity index (χ0v) is 11.8. The monoisotopic (exact) mass is 309 g/mol. The summed E-state index contributed by atoms with van der Waals surface area (Å²) in [6.45, 7) is -0.0733. The van der Waals surface area contributed by atoms with E-state index in [1.807, 2.05) is 0 Å². The molecular weight excluding hydrogens is 290 g/mol. The molecule has 7 nitrogen and oxygen atoms in total. The van der Waals surface area contributed by atoms with Crippen molar-refractivity contribution in [1.29, 1.82) is 0 Å². The molecule has 1 aliphatic rings. The lowest BCUT2D eigenvalue weighted by molar-refractivity contribution is -0.0643. The smallest absolute Gasteiger partial charge is 0.335 e. The maximum atomic E-state index is 10.8. The van der Waals surface area contributed by atoms with E-state index in [1.165, 1.54) is 18.2 Å². The summed E-state index contributed by atoms with van der Waals surface area (Å²) in [5, 5.41) is 50.3. The molecule has 0 amide bonds. The van der Waals surface area contributed by atoms with Crippen LogP contribution in [0.3, 0.4) is 0 Å². The highest BCUT2D eigenvalue weighted by Crippen LogP contribution is 2.20. The van der Waals surface area contributed by atoms with Gasteiger partial charge < -0.3 is 30.8 Å². The summed E-state index contributed by atoms with van der Waals surface area (Å²) in [4.78, 5) is 10.8. The maximum Gasteiger partial charge on any atom is 0.335 e. The summed E-state index contributed by atoms with van der Waals surface area (Å²) in [5.74, 6) is -1.00. The topological polar surface area (TPSA) is 130 Å². The molecule has 6 N–H and O–H groups in total. The molecule has 22 heavy (non-hydrogen) atoms. The van der Waals surface area contributed by atoms with Crippen LogP contribution in [0.4, 0.5) is 0 Å². The summed E-state index contributed by atoms with van der Waals surface area (Å²) in [5.41, 5.74) is 1.23. The Labute approximate surface area is 127 Å². The first-order chi connectivity index (χ1) is 10.4. The van der Waals surface area contributed by atoms with Gasteiger partial charge in [0.15, 0.2) is 0 Å². The fraction of sp³-hybridized carbons (Fsp3) is 0.400. The quantitative estimate of drug-likeness (QED) is 0.379. The standard InChI is InChI=1S/C15H19NO6/c17-7-10-5-11(13(19)14(20)12(10)18)16-6-8-1-3-9(4-2-8)15(21)22/h1-5,11-14,16-20H,6-7H2,(H,21,22). The van der Waals surface area contributed by atoms with Gasteiger partial charge in [0.25, 0.3) is 0 Å². The number of benzene rings is 1. The van der Waals surface area contributed by atoms with E-state index < -0.39 is 36.9 Å². The van der Waals surface area contributed by atoms with Crippen LogP contribution in [-0.2, 0) is 6.54 Å². The molecule has 0 bridgehead atoms. The molecule has 0 aliphatic heterocycles. The predicted molar refractivity (Wildman–Crippen MR) is 77.2 cm³/mol. The molecule has 0 heterocycles. The fourth-order valence-corrected chi connectivity index (χ4v) is 2.37. The summed E-state index contributed by atoms with van der Waals surface area (Å²) in [6, 6.07) is 5.62. The largest absolute Gasteiger partial charge is 0.478 e. The van der Waals surface area contributed by atoms with Crippen LogP contribution in [0.15, 0.2) is 35.9 Å². The highest BCUT2D eigenvalue weighted by molar-refractivity contribution is 5.87. The number of carboxylic acid groups (broad SMARTS) is 1. The van der Waals surface area contributed by atoms with E-state index in [2.05, 4.69) is 5.32 Å². The second-order valence-corrected chi connectivity index (χ2v) is 5.23. The van der Waals surface area contributed by atoms with Crippen molar-refractivity contribution < 1.29 is 30.3 Å². The van der Waals surface area contributed by atoms with Crippen molar-refractivity contribution in [2.75, 3.05) is 6.61 Å². The van der Waals surface area contributed by atoms with Gasteiger partial charge in [0, 0.05) is 6.54 Å². The van der Waals surface area contributed by atoms with Crippen LogP contribution in [0.5, 0.6) is 0 Å². The van der Waals surface area contributed by atoms with Gasteiger partial charge in [-0.25, -0.2) is 4.79 Å². The molecule has 0 saturated heterocycles. The molecule has 1 aromatic rings. The lowest BCUT2D eigenvalue weighted by Crippen LogP contribution is -2.53. The van der Waals surface area contributed by atoms with Crippen LogP contribution in [0, 0.1) is 0 Å². The molecule has 4 unspecified atom stereocenters. The van der Waals surface area contributed by atoms with Gasteiger partial charge in [-0.2, -0.15) is 0 Å². The predicted octanol–water partition coefficient (Wildman–Crippen LogP) is -1.14. The lowest BCUT2D eigenvalue weighted by Gasteiger charge is -2.34. The Bertz CT molecular complexity index is 556. The second kappa shape index (κ2) is 6.99. The van der Waals surface area contributed by atoms with E-state index in [-0.39, 0.29) is 11.1 Å². The number of carboxylic acids is 1. The van der Waals surface area contributed by atoms with Crippen LogP contribution in [0.1, 0.15) is 15.9 Å². The molecule has 0 saturated carbocycles. The number of nitrogens with one attached hydrogen (secondary N) is 1.